The number of hydrogen-bond acceptors (Lipinski definition) is 3. The number of nitrogens with one attached hydrogen (secondary N) is 2. The molecule has 0 fully saturated rings. The van der Waals surface area contributed by atoms with Crippen molar-refractivity contribution in [3.63, 3.8) is 0 Å². The molecular weight excluding hydrogens is 284 g/mol. The van der Waals surface area contributed by atoms with Gasteiger partial charge in [-0.25, -0.2) is 4.79 Å². The maximum absolute atomic E-state index is 11.8. The van der Waals surface area contributed by atoms with E-state index in [9.17, 15) is 9.90 Å². The topological polar surface area (TPSA) is 61.4 Å². The summed E-state index contributed by atoms with van der Waals surface area (Å²) in [5, 5.41) is 19.1. The first-order chi connectivity index (χ1) is 10.1. The zero-order chi connectivity index (χ0) is 15.2. The minimum Gasteiger partial charge on any atom is -0.387 e. The van der Waals surface area contributed by atoms with Gasteiger partial charge in [-0.3, -0.25) is 0 Å². The van der Waals surface area contributed by atoms with Crippen LogP contribution < -0.4 is 10.6 Å². The summed E-state index contributed by atoms with van der Waals surface area (Å²) in [5.41, 5.74) is 2.75. The summed E-state index contributed by atoms with van der Waals surface area (Å²) in [4.78, 5) is 11.8. The highest BCUT2D eigenvalue weighted by Gasteiger charge is 2.10. The van der Waals surface area contributed by atoms with E-state index < -0.39 is 6.10 Å². The molecule has 1 aromatic heterocycles. The van der Waals surface area contributed by atoms with E-state index in [1.54, 1.807) is 0 Å². The monoisotopic (exact) mass is 304 g/mol. The minimum atomic E-state index is -0.677. The van der Waals surface area contributed by atoms with Crippen molar-refractivity contribution in [3.8, 4) is 0 Å². The van der Waals surface area contributed by atoms with Crippen LogP contribution in [0.4, 0.5) is 10.5 Å². The standard InChI is InChI=1S/C16H20N2O2S/c1-11(2)12-4-3-5-14(8-12)18-16(20)17-9-15(19)13-6-7-21-10-13/h3-8,10-11,15,19H,9H2,1-2H3,(H2,17,18,20). The Morgan fingerprint density at radius 3 is 2.76 bits per heavy atom. The first-order valence-electron chi connectivity index (χ1n) is 6.91. The average Bonchev–Trinajstić information content (AvgIpc) is 2.99. The Morgan fingerprint density at radius 2 is 2.10 bits per heavy atom. The van der Waals surface area contributed by atoms with Gasteiger partial charge < -0.3 is 15.7 Å². The fraction of sp³-hybridized carbons (Fsp3) is 0.312. The lowest BCUT2D eigenvalue weighted by atomic mass is 10.0. The number of aliphatic hydroxyl groups is 1. The van der Waals surface area contributed by atoms with E-state index in [1.165, 1.54) is 16.9 Å². The Balaban J connectivity index is 1.86. The molecule has 0 saturated carbocycles. The fourth-order valence-electron chi connectivity index (χ4n) is 1.92. The number of hydrogen-bond donors (Lipinski definition) is 3. The Bertz CT molecular complexity index is 582. The van der Waals surface area contributed by atoms with Gasteiger partial charge in [-0.15, -0.1) is 0 Å². The number of aliphatic hydroxyl groups excluding tert-OH is 1. The zero-order valence-electron chi connectivity index (χ0n) is 12.2. The summed E-state index contributed by atoms with van der Waals surface area (Å²) in [7, 11) is 0. The Labute approximate surface area is 128 Å². The molecule has 0 spiro atoms. The maximum atomic E-state index is 11.8. The number of urea groups is 1. The smallest absolute Gasteiger partial charge is 0.319 e. The Morgan fingerprint density at radius 1 is 1.29 bits per heavy atom. The molecule has 1 atom stereocenters. The van der Waals surface area contributed by atoms with Crippen LogP contribution >= 0.6 is 11.3 Å². The van der Waals surface area contributed by atoms with Gasteiger partial charge in [-0.2, -0.15) is 11.3 Å². The van der Waals surface area contributed by atoms with Crippen molar-refractivity contribution >= 4 is 23.1 Å². The number of anilines is 1. The molecule has 3 N–H and O–H groups in total. The van der Waals surface area contributed by atoms with Gasteiger partial charge >= 0.3 is 6.03 Å². The number of amides is 2. The third-order valence-electron chi connectivity index (χ3n) is 3.20. The van der Waals surface area contributed by atoms with E-state index in [-0.39, 0.29) is 12.6 Å². The lowest BCUT2D eigenvalue weighted by Gasteiger charge is -2.13. The summed E-state index contributed by atoms with van der Waals surface area (Å²) in [6, 6.07) is 9.30. The number of thiophene rings is 1. The van der Waals surface area contributed by atoms with Crippen molar-refractivity contribution in [1.82, 2.24) is 5.32 Å². The third-order valence-corrected chi connectivity index (χ3v) is 3.90. The van der Waals surface area contributed by atoms with Crippen LogP contribution in [-0.2, 0) is 0 Å². The molecule has 1 heterocycles. The van der Waals surface area contributed by atoms with Crippen LogP contribution in [0.2, 0.25) is 0 Å². The van der Waals surface area contributed by atoms with Crippen LogP contribution in [0, 0.1) is 0 Å². The van der Waals surface area contributed by atoms with Gasteiger partial charge in [0.25, 0.3) is 0 Å². The minimum absolute atomic E-state index is 0.187. The van der Waals surface area contributed by atoms with Gasteiger partial charge in [0.2, 0.25) is 0 Å². The van der Waals surface area contributed by atoms with Crippen LogP contribution in [0.25, 0.3) is 0 Å². The van der Waals surface area contributed by atoms with Gasteiger partial charge in [-0.1, -0.05) is 26.0 Å². The van der Waals surface area contributed by atoms with Crippen molar-refractivity contribution in [2.75, 3.05) is 11.9 Å². The highest BCUT2D eigenvalue weighted by molar-refractivity contribution is 7.07. The highest BCUT2D eigenvalue weighted by Crippen LogP contribution is 2.18. The third kappa shape index (κ3) is 4.58. The number of carbonyl (C=O) groups is 1. The van der Waals surface area contributed by atoms with Crippen LogP contribution in [0.5, 0.6) is 0 Å². The first-order valence-corrected chi connectivity index (χ1v) is 7.85. The molecule has 1 aromatic carbocycles. The molecule has 0 aliphatic rings. The molecule has 2 rings (SSSR count). The molecule has 0 bridgehead atoms. The summed E-state index contributed by atoms with van der Waals surface area (Å²) in [5.74, 6) is 0.412. The fourth-order valence-corrected chi connectivity index (χ4v) is 2.63. The molecule has 0 aliphatic heterocycles. The van der Waals surface area contributed by atoms with Crippen molar-refractivity contribution in [1.29, 1.82) is 0 Å². The molecule has 5 heteroatoms. The quantitative estimate of drug-likeness (QED) is 0.788. The summed E-state index contributed by atoms with van der Waals surface area (Å²) >= 11 is 1.52. The molecule has 1 unspecified atom stereocenters. The molecule has 2 aromatic rings. The van der Waals surface area contributed by atoms with E-state index in [0.717, 1.165) is 11.3 Å². The summed E-state index contributed by atoms with van der Waals surface area (Å²) in [6.45, 7) is 4.40. The number of benzene rings is 1. The van der Waals surface area contributed by atoms with Gasteiger partial charge in [0.1, 0.15) is 0 Å². The molecule has 4 nitrogen and oxygen atoms in total. The summed E-state index contributed by atoms with van der Waals surface area (Å²) in [6.07, 6.45) is -0.677. The predicted molar refractivity (Wildman–Crippen MR) is 86.8 cm³/mol. The van der Waals surface area contributed by atoms with Gasteiger partial charge in [0, 0.05) is 12.2 Å². The van der Waals surface area contributed by atoms with Crippen LogP contribution in [0.15, 0.2) is 41.1 Å². The highest BCUT2D eigenvalue weighted by atomic mass is 32.1. The lowest BCUT2D eigenvalue weighted by Crippen LogP contribution is -2.32. The van der Waals surface area contributed by atoms with E-state index in [1.807, 2.05) is 41.1 Å². The van der Waals surface area contributed by atoms with Crippen molar-refractivity contribution in [2.24, 2.45) is 0 Å². The first kappa shape index (κ1) is 15.5. The van der Waals surface area contributed by atoms with Crippen molar-refractivity contribution in [2.45, 2.75) is 25.9 Å². The van der Waals surface area contributed by atoms with Crippen LogP contribution in [0.3, 0.4) is 0 Å². The normalized spacial score (nSPS) is 12.2. The summed E-state index contributed by atoms with van der Waals surface area (Å²) < 4.78 is 0. The molecule has 0 saturated heterocycles. The van der Waals surface area contributed by atoms with Crippen molar-refractivity contribution < 1.29 is 9.90 Å². The molecule has 0 aliphatic carbocycles. The molecule has 21 heavy (non-hydrogen) atoms. The maximum Gasteiger partial charge on any atom is 0.319 e. The van der Waals surface area contributed by atoms with Crippen LogP contribution in [-0.4, -0.2) is 17.7 Å². The molecule has 2 amide bonds. The Kier molecular flexibility index (Phi) is 5.36. The molecule has 112 valence electrons. The van der Waals surface area contributed by atoms with Crippen LogP contribution in [0.1, 0.15) is 37.0 Å². The second-order valence-electron chi connectivity index (χ2n) is 5.19. The molecular formula is C16H20N2O2S. The van der Waals surface area contributed by atoms with Gasteiger partial charge in [-0.05, 0) is 46.0 Å². The second kappa shape index (κ2) is 7.24. The van der Waals surface area contributed by atoms with Gasteiger partial charge in [0.15, 0.2) is 0 Å². The Hall–Kier alpha value is -1.85. The SMILES string of the molecule is CC(C)c1cccc(NC(=O)NCC(O)c2ccsc2)c1. The lowest BCUT2D eigenvalue weighted by molar-refractivity contribution is 0.175. The zero-order valence-corrected chi connectivity index (χ0v) is 13.0. The molecule has 0 radical (unpaired) electrons. The largest absolute Gasteiger partial charge is 0.387 e. The average molecular weight is 304 g/mol. The van der Waals surface area contributed by atoms with E-state index in [0.29, 0.717) is 5.92 Å². The predicted octanol–water partition coefficient (Wildman–Crippen LogP) is 3.73. The second-order valence-corrected chi connectivity index (χ2v) is 5.97. The van der Waals surface area contributed by atoms with Crippen molar-refractivity contribution in [3.05, 3.63) is 52.2 Å². The van der Waals surface area contributed by atoms with E-state index >= 15 is 0 Å². The number of rotatable bonds is 5. The van der Waals surface area contributed by atoms with E-state index in [2.05, 4.69) is 24.5 Å². The van der Waals surface area contributed by atoms with Gasteiger partial charge in [0.05, 0.1) is 6.10 Å². The van der Waals surface area contributed by atoms with E-state index in [4.69, 9.17) is 0 Å². The number of carbonyl (C=O) groups excluding carboxylic acids is 1.